The zero-order valence-electron chi connectivity index (χ0n) is 18.4. The van der Waals surface area contributed by atoms with E-state index in [1.165, 1.54) is 41.9 Å². The summed E-state index contributed by atoms with van der Waals surface area (Å²) in [7, 11) is 2.22. The molecular formula is C26H35N3O. The van der Waals surface area contributed by atoms with Crippen LogP contribution in [0.2, 0.25) is 0 Å². The van der Waals surface area contributed by atoms with Gasteiger partial charge < -0.3 is 15.0 Å². The second-order valence-corrected chi connectivity index (χ2v) is 9.33. The highest BCUT2D eigenvalue weighted by atomic mass is 16.5. The summed E-state index contributed by atoms with van der Waals surface area (Å²) >= 11 is 0. The number of likely N-dealkylation sites (N-methyl/N-ethyl adjacent to an activating group) is 1. The van der Waals surface area contributed by atoms with Gasteiger partial charge in [-0.2, -0.15) is 0 Å². The summed E-state index contributed by atoms with van der Waals surface area (Å²) in [4.78, 5) is 5.03. The highest BCUT2D eigenvalue weighted by molar-refractivity contribution is 5.58. The Bertz CT molecular complexity index is 847. The van der Waals surface area contributed by atoms with Crippen molar-refractivity contribution in [2.75, 3.05) is 45.1 Å². The summed E-state index contributed by atoms with van der Waals surface area (Å²) in [5.74, 6) is 0.482. The molecule has 4 nitrogen and oxygen atoms in total. The molecule has 1 N–H and O–H groups in total. The molecule has 0 saturated carbocycles. The van der Waals surface area contributed by atoms with Crippen molar-refractivity contribution in [3.63, 3.8) is 0 Å². The average molecular weight is 406 g/mol. The van der Waals surface area contributed by atoms with E-state index in [1.807, 2.05) is 0 Å². The molecule has 160 valence electrons. The molecule has 0 aliphatic carbocycles. The van der Waals surface area contributed by atoms with Crippen LogP contribution in [0.25, 0.3) is 0 Å². The highest BCUT2D eigenvalue weighted by Crippen LogP contribution is 2.50. The molecule has 5 rings (SSSR count). The van der Waals surface area contributed by atoms with Gasteiger partial charge in [0.1, 0.15) is 0 Å². The van der Waals surface area contributed by atoms with Crippen LogP contribution in [0.3, 0.4) is 0 Å². The summed E-state index contributed by atoms with van der Waals surface area (Å²) in [6.45, 7) is 7.97. The minimum absolute atomic E-state index is 0.184. The maximum absolute atomic E-state index is 6.90. The average Bonchev–Trinajstić information content (AvgIpc) is 2.80. The van der Waals surface area contributed by atoms with Crippen molar-refractivity contribution in [1.29, 1.82) is 0 Å². The lowest BCUT2D eigenvalue weighted by molar-refractivity contribution is -0.105. The summed E-state index contributed by atoms with van der Waals surface area (Å²) < 4.78 is 6.90. The van der Waals surface area contributed by atoms with Gasteiger partial charge >= 0.3 is 0 Å². The molecule has 3 aliphatic rings. The monoisotopic (exact) mass is 405 g/mol. The summed E-state index contributed by atoms with van der Waals surface area (Å²) in [5.41, 5.74) is 5.40. The van der Waals surface area contributed by atoms with E-state index in [0.717, 1.165) is 32.5 Å². The molecule has 0 amide bonds. The van der Waals surface area contributed by atoms with Gasteiger partial charge in [-0.3, -0.25) is 4.90 Å². The van der Waals surface area contributed by atoms with Gasteiger partial charge in [0.15, 0.2) is 0 Å². The first-order valence-corrected chi connectivity index (χ1v) is 11.7. The summed E-state index contributed by atoms with van der Waals surface area (Å²) in [6, 6.07) is 18.2. The first-order chi connectivity index (χ1) is 14.7. The molecule has 2 fully saturated rings. The smallest absolute Gasteiger partial charge is 0.0900 e. The third-order valence-corrected chi connectivity index (χ3v) is 7.34. The Morgan fingerprint density at radius 3 is 2.57 bits per heavy atom. The number of aryl methyl sites for hydroxylation is 1. The Balaban J connectivity index is 1.40. The van der Waals surface area contributed by atoms with Crippen LogP contribution in [0.5, 0.6) is 0 Å². The lowest BCUT2D eigenvalue weighted by Crippen LogP contribution is -2.49. The number of rotatable bonds is 4. The van der Waals surface area contributed by atoms with Crippen LogP contribution in [-0.4, -0.2) is 55.7 Å². The van der Waals surface area contributed by atoms with Crippen LogP contribution >= 0.6 is 0 Å². The molecular weight excluding hydrogens is 370 g/mol. The number of ether oxygens (including phenoxy) is 1. The molecule has 3 heterocycles. The van der Waals surface area contributed by atoms with E-state index in [4.69, 9.17) is 4.74 Å². The third-order valence-electron chi connectivity index (χ3n) is 7.34. The molecule has 0 aromatic heterocycles. The third kappa shape index (κ3) is 4.01. The zero-order valence-corrected chi connectivity index (χ0v) is 18.4. The van der Waals surface area contributed by atoms with E-state index >= 15 is 0 Å². The lowest BCUT2D eigenvalue weighted by atomic mass is 9.76. The van der Waals surface area contributed by atoms with E-state index < -0.39 is 0 Å². The van der Waals surface area contributed by atoms with E-state index in [9.17, 15) is 0 Å². The predicted molar refractivity (Wildman–Crippen MR) is 123 cm³/mol. The number of piperazine rings is 1. The molecule has 4 heteroatoms. The van der Waals surface area contributed by atoms with Crippen molar-refractivity contribution in [2.24, 2.45) is 5.92 Å². The summed E-state index contributed by atoms with van der Waals surface area (Å²) in [5, 5.41) is 3.87. The Kier molecular flexibility index (Phi) is 5.81. The maximum atomic E-state index is 6.90. The second kappa shape index (κ2) is 8.70. The number of hydrogen-bond acceptors (Lipinski definition) is 4. The molecule has 2 saturated heterocycles. The fraction of sp³-hybridized carbons (Fsp3) is 0.538. The van der Waals surface area contributed by atoms with Crippen molar-refractivity contribution < 1.29 is 4.74 Å². The van der Waals surface area contributed by atoms with Crippen molar-refractivity contribution in [3.8, 4) is 0 Å². The Labute approximate surface area is 181 Å². The second-order valence-electron chi connectivity index (χ2n) is 9.33. The van der Waals surface area contributed by atoms with E-state index in [-0.39, 0.29) is 6.10 Å². The Hall–Kier alpha value is -1.88. The van der Waals surface area contributed by atoms with Gasteiger partial charge in [-0.1, -0.05) is 49.4 Å². The fourth-order valence-corrected chi connectivity index (χ4v) is 5.47. The molecule has 3 aliphatic heterocycles. The minimum atomic E-state index is 0.184. The summed E-state index contributed by atoms with van der Waals surface area (Å²) in [6.07, 6.45) is 3.95. The first kappa shape index (κ1) is 20.0. The number of fused-ring (bicyclic) bond motifs is 3. The predicted octanol–water partition coefficient (Wildman–Crippen LogP) is 4.50. The minimum Gasteiger partial charge on any atom is -0.378 e. The van der Waals surface area contributed by atoms with Crippen LogP contribution < -0.4 is 5.32 Å². The van der Waals surface area contributed by atoms with E-state index in [2.05, 4.69) is 77.6 Å². The lowest BCUT2D eigenvalue weighted by Gasteiger charge is -2.47. The van der Waals surface area contributed by atoms with Crippen molar-refractivity contribution >= 4 is 5.69 Å². The Morgan fingerprint density at radius 2 is 1.80 bits per heavy atom. The van der Waals surface area contributed by atoms with Gasteiger partial charge in [-0.25, -0.2) is 0 Å². The van der Waals surface area contributed by atoms with Gasteiger partial charge in [-0.15, -0.1) is 0 Å². The van der Waals surface area contributed by atoms with Gasteiger partial charge in [0.05, 0.1) is 18.2 Å². The first-order valence-electron chi connectivity index (χ1n) is 11.7. The van der Waals surface area contributed by atoms with Crippen LogP contribution in [0.15, 0.2) is 48.5 Å². The van der Waals surface area contributed by atoms with E-state index in [1.54, 1.807) is 0 Å². The maximum Gasteiger partial charge on any atom is 0.0900 e. The molecule has 0 spiro atoms. The zero-order chi connectivity index (χ0) is 20.5. The van der Waals surface area contributed by atoms with Crippen molar-refractivity contribution in [3.05, 3.63) is 65.2 Å². The molecule has 2 aromatic rings. The van der Waals surface area contributed by atoms with Gasteiger partial charge in [0, 0.05) is 49.9 Å². The number of anilines is 1. The number of benzene rings is 2. The number of nitrogens with one attached hydrogen (secondary N) is 1. The van der Waals surface area contributed by atoms with Crippen LogP contribution in [0, 0.1) is 5.92 Å². The van der Waals surface area contributed by atoms with Crippen molar-refractivity contribution in [2.45, 2.75) is 44.4 Å². The van der Waals surface area contributed by atoms with Crippen molar-refractivity contribution in [1.82, 2.24) is 9.80 Å². The molecule has 2 aromatic carbocycles. The van der Waals surface area contributed by atoms with Gasteiger partial charge in [0.2, 0.25) is 0 Å². The highest BCUT2D eigenvalue weighted by Gasteiger charge is 2.42. The standard InChI is InChI=1S/C26H35N3O/c1-3-19-9-12-24-23(17-19)26-22(25(27-24)20-7-5-4-6-8-20)11-10-21(30-26)18-29-15-13-28(2)14-16-29/h4-9,12,17,21-22,25-27H,3,10-11,13-16,18H2,1-2H3. The molecule has 4 atom stereocenters. The van der Waals surface area contributed by atoms with Gasteiger partial charge in [0.25, 0.3) is 0 Å². The fourth-order valence-electron chi connectivity index (χ4n) is 5.47. The topological polar surface area (TPSA) is 27.7 Å². The molecule has 4 unspecified atom stereocenters. The molecule has 0 radical (unpaired) electrons. The van der Waals surface area contributed by atoms with Crippen LogP contribution in [0.1, 0.15) is 48.6 Å². The molecule has 30 heavy (non-hydrogen) atoms. The number of nitrogens with zero attached hydrogens (tertiary/aromatic N) is 2. The SMILES string of the molecule is CCc1ccc2c(c1)C1OC(CN3CCN(C)CC3)CCC1C(c1ccccc1)N2. The van der Waals surface area contributed by atoms with E-state index in [0.29, 0.717) is 18.1 Å². The normalized spacial score (nSPS) is 29.7. The largest absolute Gasteiger partial charge is 0.378 e. The van der Waals surface area contributed by atoms with Gasteiger partial charge in [-0.05, 0) is 43.5 Å². The Morgan fingerprint density at radius 1 is 1.00 bits per heavy atom. The van der Waals surface area contributed by atoms with Crippen LogP contribution in [-0.2, 0) is 11.2 Å². The molecule has 0 bridgehead atoms. The van der Waals surface area contributed by atoms with Crippen LogP contribution in [0.4, 0.5) is 5.69 Å². The quantitative estimate of drug-likeness (QED) is 0.811. The number of hydrogen-bond donors (Lipinski definition) is 1.